The zero-order valence-corrected chi connectivity index (χ0v) is 13.2. The van der Waals surface area contributed by atoms with Crippen LogP contribution < -0.4 is 0 Å². The first kappa shape index (κ1) is 15.6. The van der Waals surface area contributed by atoms with Gasteiger partial charge in [0.15, 0.2) is 5.69 Å². The minimum atomic E-state index is -3.70. The number of hydrogen-bond acceptors (Lipinski definition) is 5. The molecule has 8 nitrogen and oxygen atoms in total. The fourth-order valence-corrected chi connectivity index (χ4v) is 2.86. The number of rotatable bonds is 5. The third-order valence-corrected chi connectivity index (χ3v) is 4.94. The van der Waals surface area contributed by atoms with Crippen LogP contribution in [0.3, 0.4) is 0 Å². The third-order valence-electron chi connectivity index (χ3n) is 2.60. The number of benzene rings is 1. The van der Waals surface area contributed by atoms with Gasteiger partial charge in [0, 0.05) is 11.5 Å². The Balaban J connectivity index is 2.19. The van der Waals surface area contributed by atoms with Gasteiger partial charge >= 0.3 is 5.97 Å². The summed E-state index contributed by atoms with van der Waals surface area (Å²) in [6.07, 6.45) is 1.06. The van der Waals surface area contributed by atoms with E-state index in [2.05, 4.69) is 26.1 Å². The van der Waals surface area contributed by atoms with Crippen LogP contribution in [0.15, 0.2) is 39.8 Å². The molecular formula is C11H11BrN4O4S. The standard InChI is InChI=1S/C11H11BrN4O4S/c1-15(7-16-13-6-10(14-16)11(17)18)21(19,20)9-4-2-8(12)3-5-9/h2-6H,7H2,1H3,(H,17,18). The van der Waals surface area contributed by atoms with Crippen LogP contribution in [0.4, 0.5) is 0 Å². The molecule has 0 fully saturated rings. The van der Waals surface area contributed by atoms with Crippen molar-refractivity contribution in [3.05, 3.63) is 40.6 Å². The van der Waals surface area contributed by atoms with Gasteiger partial charge in [-0.25, -0.2) is 13.2 Å². The first-order chi connectivity index (χ1) is 9.80. The molecule has 0 spiro atoms. The van der Waals surface area contributed by atoms with Gasteiger partial charge in [0.1, 0.15) is 6.67 Å². The first-order valence-electron chi connectivity index (χ1n) is 5.66. The maximum Gasteiger partial charge on any atom is 0.358 e. The van der Waals surface area contributed by atoms with Crippen molar-refractivity contribution in [1.82, 2.24) is 19.3 Å². The maximum atomic E-state index is 12.3. The Kier molecular flexibility index (Phi) is 4.40. The SMILES string of the molecule is CN(Cn1ncc(C(=O)O)n1)S(=O)(=O)c1ccc(Br)cc1. The Morgan fingerprint density at radius 2 is 2.00 bits per heavy atom. The Hall–Kier alpha value is -1.78. The molecule has 0 unspecified atom stereocenters. The molecule has 2 aromatic rings. The summed E-state index contributed by atoms with van der Waals surface area (Å²) in [6, 6.07) is 6.18. The van der Waals surface area contributed by atoms with E-state index in [9.17, 15) is 13.2 Å². The monoisotopic (exact) mass is 374 g/mol. The summed E-state index contributed by atoms with van der Waals surface area (Å²) in [5.74, 6) is -1.22. The van der Waals surface area contributed by atoms with Crippen molar-refractivity contribution in [2.45, 2.75) is 11.6 Å². The number of aromatic nitrogens is 3. The summed E-state index contributed by atoms with van der Waals surface area (Å²) in [5, 5.41) is 16.1. The zero-order chi connectivity index (χ0) is 15.6. The van der Waals surface area contributed by atoms with Crippen molar-refractivity contribution < 1.29 is 18.3 Å². The van der Waals surface area contributed by atoms with Gasteiger partial charge in [-0.2, -0.15) is 14.2 Å². The second-order valence-electron chi connectivity index (χ2n) is 4.11. The number of carboxylic acids is 1. The van der Waals surface area contributed by atoms with Gasteiger partial charge < -0.3 is 5.11 Å². The number of aromatic carboxylic acids is 1. The predicted molar refractivity (Wildman–Crippen MR) is 76.1 cm³/mol. The van der Waals surface area contributed by atoms with Crippen molar-refractivity contribution in [2.75, 3.05) is 7.05 Å². The molecule has 0 saturated carbocycles. The summed E-state index contributed by atoms with van der Waals surface area (Å²) in [7, 11) is -2.34. The Morgan fingerprint density at radius 3 is 2.52 bits per heavy atom. The van der Waals surface area contributed by atoms with E-state index in [0.29, 0.717) is 0 Å². The normalized spacial score (nSPS) is 11.8. The van der Waals surface area contributed by atoms with Gasteiger partial charge in [-0.1, -0.05) is 15.9 Å². The molecular weight excluding hydrogens is 364 g/mol. The molecule has 0 aliphatic heterocycles. The molecule has 10 heteroatoms. The van der Waals surface area contributed by atoms with Gasteiger partial charge in [-0.15, -0.1) is 5.10 Å². The average molecular weight is 375 g/mol. The minimum absolute atomic E-state index is 0.124. The van der Waals surface area contributed by atoms with Crippen LogP contribution in [-0.4, -0.2) is 45.8 Å². The van der Waals surface area contributed by atoms with Crippen LogP contribution in [-0.2, 0) is 16.7 Å². The molecule has 2 rings (SSSR count). The quantitative estimate of drug-likeness (QED) is 0.837. The lowest BCUT2D eigenvalue weighted by molar-refractivity contribution is 0.0689. The molecule has 21 heavy (non-hydrogen) atoms. The number of nitrogens with zero attached hydrogens (tertiary/aromatic N) is 4. The second kappa shape index (κ2) is 5.92. The second-order valence-corrected chi connectivity index (χ2v) is 7.07. The molecule has 112 valence electrons. The minimum Gasteiger partial charge on any atom is -0.476 e. The number of carbonyl (C=O) groups is 1. The highest BCUT2D eigenvalue weighted by Crippen LogP contribution is 2.18. The highest BCUT2D eigenvalue weighted by Gasteiger charge is 2.22. The third kappa shape index (κ3) is 3.46. The van der Waals surface area contributed by atoms with Crippen molar-refractivity contribution in [2.24, 2.45) is 0 Å². The molecule has 1 N–H and O–H groups in total. The Labute approximate surface area is 129 Å². The average Bonchev–Trinajstić information content (AvgIpc) is 2.88. The lowest BCUT2D eigenvalue weighted by Crippen LogP contribution is -2.30. The van der Waals surface area contributed by atoms with Crippen LogP contribution in [0.2, 0.25) is 0 Å². The van der Waals surface area contributed by atoms with Crippen molar-refractivity contribution >= 4 is 31.9 Å². The molecule has 1 aromatic heterocycles. The van der Waals surface area contributed by atoms with E-state index < -0.39 is 16.0 Å². The number of halogens is 1. The van der Waals surface area contributed by atoms with Crippen LogP contribution in [0, 0.1) is 0 Å². The molecule has 0 bridgehead atoms. The first-order valence-corrected chi connectivity index (χ1v) is 7.89. The van der Waals surface area contributed by atoms with E-state index in [1.165, 1.54) is 19.2 Å². The molecule has 0 aliphatic carbocycles. The Bertz CT molecular complexity index is 757. The van der Waals surface area contributed by atoms with E-state index in [0.717, 1.165) is 19.8 Å². The van der Waals surface area contributed by atoms with Crippen molar-refractivity contribution in [1.29, 1.82) is 0 Å². The summed E-state index contributed by atoms with van der Waals surface area (Å²) >= 11 is 3.23. The molecule has 0 saturated heterocycles. The predicted octanol–water partition coefficient (Wildman–Crippen LogP) is 1.02. The molecule has 1 aromatic carbocycles. The number of carboxylic acid groups (broad SMARTS) is 1. The highest BCUT2D eigenvalue weighted by atomic mass is 79.9. The van der Waals surface area contributed by atoms with Crippen LogP contribution in [0.1, 0.15) is 10.5 Å². The Morgan fingerprint density at radius 1 is 1.38 bits per heavy atom. The topological polar surface area (TPSA) is 105 Å². The van der Waals surface area contributed by atoms with E-state index in [4.69, 9.17) is 5.11 Å². The highest BCUT2D eigenvalue weighted by molar-refractivity contribution is 9.10. The fraction of sp³-hybridized carbons (Fsp3) is 0.182. The van der Waals surface area contributed by atoms with Gasteiger partial charge in [0.25, 0.3) is 0 Å². The van der Waals surface area contributed by atoms with Gasteiger partial charge in [-0.3, -0.25) is 0 Å². The van der Waals surface area contributed by atoms with Crippen LogP contribution in [0.25, 0.3) is 0 Å². The molecule has 0 radical (unpaired) electrons. The number of hydrogen-bond donors (Lipinski definition) is 1. The molecule has 0 amide bonds. The lowest BCUT2D eigenvalue weighted by Gasteiger charge is -2.16. The van der Waals surface area contributed by atoms with Gasteiger partial charge in [0.05, 0.1) is 11.1 Å². The van der Waals surface area contributed by atoms with Gasteiger partial charge in [-0.05, 0) is 24.3 Å². The van der Waals surface area contributed by atoms with E-state index in [1.54, 1.807) is 12.1 Å². The fourth-order valence-electron chi connectivity index (χ4n) is 1.50. The number of sulfonamides is 1. The van der Waals surface area contributed by atoms with E-state index in [-0.39, 0.29) is 17.3 Å². The molecule has 0 aliphatic rings. The summed E-state index contributed by atoms with van der Waals surface area (Å²) < 4.78 is 26.4. The maximum absolute atomic E-state index is 12.3. The summed E-state index contributed by atoms with van der Waals surface area (Å²) in [5.41, 5.74) is -0.246. The molecule has 1 heterocycles. The smallest absolute Gasteiger partial charge is 0.358 e. The lowest BCUT2D eigenvalue weighted by atomic mass is 10.4. The largest absolute Gasteiger partial charge is 0.476 e. The van der Waals surface area contributed by atoms with Gasteiger partial charge in [0.2, 0.25) is 10.0 Å². The van der Waals surface area contributed by atoms with Crippen LogP contribution >= 0.6 is 15.9 Å². The van der Waals surface area contributed by atoms with E-state index in [1.807, 2.05) is 0 Å². The summed E-state index contributed by atoms with van der Waals surface area (Å²) in [6.45, 7) is -0.189. The van der Waals surface area contributed by atoms with Crippen LogP contribution in [0.5, 0.6) is 0 Å². The van der Waals surface area contributed by atoms with Crippen molar-refractivity contribution in [3.63, 3.8) is 0 Å². The summed E-state index contributed by atoms with van der Waals surface area (Å²) in [4.78, 5) is 11.8. The van der Waals surface area contributed by atoms with Crippen molar-refractivity contribution in [3.8, 4) is 0 Å². The van der Waals surface area contributed by atoms with E-state index >= 15 is 0 Å². The zero-order valence-electron chi connectivity index (χ0n) is 10.8. The molecule has 0 atom stereocenters.